The van der Waals surface area contributed by atoms with Crippen LogP contribution >= 0.6 is 0 Å². The maximum absolute atomic E-state index is 14.6. The summed E-state index contributed by atoms with van der Waals surface area (Å²) < 4.78 is 25.7. The Morgan fingerprint density at radius 1 is 0.917 bits per heavy atom. The van der Waals surface area contributed by atoms with Crippen LogP contribution in [0.2, 0.25) is 0 Å². The maximum atomic E-state index is 14.6. The number of hydrogen-bond acceptors (Lipinski definition) is 4. The van der Waals surface area contributed by atoms with E-state index in [2.05, 4.69) is 5.32 Å². The third kappa shape index (κ3) is 7.57. The van der Waals surface area contributed by atoms with Gasteiger partial charge in [-0.25, -0.2) is 4.39 Å². The fourth-order valence-corrected chi connectivity index (χ4v) is 3.75. The van der Waals surface area contributed by atoms with Gasteiger partial charge in [0.15, 0.2) is 18.1 Å². The van der Waals surface area contributed by atoms with Crippen LogP contribution in [-0.2, 0) is 22.6 Å². The Hall–Kier alpha value is -3.87. The maximum Gasteiger partial charge on any atom is 0.261 e. The van der Waals surface area contributed by atoms with E-state index in [0.717, 1.165) is 5.56 Å². The van der Waals surface area contributed by atoms with Gasteiger partial charge < -0.3 is 19.7 Å². The van der Waals surface area contributed by atoms with Crippen LogP contribution in [0.5, 0.6) is 11.5 Å². The first kappa shape index (κ1) is 26.7. The summed E-state index contributed by atoms with van der Waals surface area (Å²) in [7, 11) is 1.52. The minimum atomic E-state index is -0.862. The van der Waals surface area contributed by atoms with Crippen molar-refractivity contribution in [2.45, 2.75) is 32.9 Å². The van der Waals surface area contributed by atoms with Gasteiger partial charge in [0, 0.05) is 25.1 Å². The smallest absolute Gasteiger partial charge is 0.261 e. The quantitative estimate of drug-likeness (QED) is 0.401. The molecule has 0 spiro atoms. The number of carbonyl (C=O) groups is 2. The molecule has 0 heterocycles. The monoisotopic (exact) mass is 492 g/mol. The van der Waals surface area contributed by atoms with Crippen LogP contribution < -0.4 is 14.8 Å². The minimum Gasteiger partial charge on any atom is -0.493 e. The number of ether oxygens (including phenoxy) is 2. The average molecular weight is 493 g/mol. The van der Waals surface area contributed by atoms with Gasteiger partial charge in [-0.15, -0.1) is 0 Å². The lowest BCUT2D eigenvalue weighted by atomic mass is 10.0. The highest BCUT2D eigenvalue weighted by Gasteiger charge is 2.31. The second-order valence-corrected chi connectivity index (χ2v) is 8.90. The van der Waals surface area contributed by atoms with E-state index in [1.807, 2.05) is 44.2 Å². The predicted octanol–water partition coefficient (Wildman–Crippen LogP) is 4.63. The number of nitrogens with one attached hydrogen (secondary N) is 1. The summed E-state index contributed by atoms with van der Waals surface area (Å²) in [6, 6.07) is 21.8. The summed E-state index contributed by atoms with van der Waals surface area (Å²) in [4.78, 5) is 28.4. The van der Waals surface area contributed by atoms with E-state index in [1.54, 1.807) is 42.5 Å². The molecule has 7 heteroatoms. The van der Waals surface area contributed by atoms with Crippen molar-refractivity contribution in [3.8, 4) is 11.5 Å². The van der Waals surface area contributed by atoms with Crippen LogP contribution in [0, 0.1) is 11.7 Å². The lowest BCUT2D eigenvalue weighted by Crippen LogP contribution is -2.52. The second kappa shape index (κ2) is 13.3. The second-order valence-electron chi connectivity index (χ2n) is 8.90. The zero-order chi connectivity index (χ0) is 25.9. The number of amides is 2. The number of halogens is 1. The largest absolute Gasteiger partial charge is 0.493 e. The highest BCUT2D eigenvalue weighted by Crippen LogP contribution is 2.26. The molecule has 0 aliphatic heterocycles. The van der Waals surface area contributed by atoms with E-state index in [-0.39, 0.29) is 31.4 Å². The van der Waals surface area contributed by atoms with Crippen LogP contribution in [0.4, 0.5) is 4.39 Å². The number of para-hydroxylation sites is 2. The molecule has 3 aromatic carbocycles. The van der Waals surface area contributed by atoms with Crippen LogP contribution in [0.1, 0.15) is 25.0 Å². The molecule has 0 saturated heterocycles. The molecular formula is C29H33FN2O4. The van der Waals surface area contributed by atoms with Crippen molar-refractivity contribution in [3.05, 3.63) is 95.8 Å². The molecule has 3 aromatic rings. The Morgan fingerprint density at radius 3 is 2.22 bits per heavy atom. The van der Waals surface area contributed by atoms with E-state index < -0.39 is 17.8 Å². The van der Waals surface area contributed by atoms with Crippen LogP contribution in [-0.4, -0.2) is 43.0 Å². The topological polar surface area (TPSA) is 67.9 Å². The Kier molecular flexibility index (Phi) is 9.86. The fraction of sp³-hybridized carbons (Fsp3) is 0.310. The molecule has 0 saturated carbocycles. The lowest BCUT2D eigenvalue weighted by Gasteiger charge is -2.32. The average Bonchev–Trinajstić information content (AvgIpc) is 2.89. The molecule has 3 rings (SSSR count). The Morgan fingerprint density at radius 2 is 1.56 bits per heavy atom. The SMILES string of the molecule is COc1ccccc1OCC(=O)N(Cc1ccccc1F)[C@@H](Cc1ccccc1)C(=O)NCC(C)C. The van der Waals surface area contributed by atoms with Crippen molar-refractivity contribution in [3.63, 3.8) is 0 Å². The van der Waals surface area contributed by atoms with Gasteiger partial charge in [0.1, 0.15) is 11.9 Å². The van der Waals surface area contributed by atoms with Gasteiger partial charge in [0.2, 0.25) is 5.91 Å². The fourth-order valence-electron chi connectivity index (χ4n) is 3.75. The third-order valence-electron chi connectivity index (χ3n) is 5.67. The first-order valence-corrected chi connectivity index (χ1v) is 12.0. The number of carbonyl (C=O) groups excluding carboxylic acids is 2. The molecule has 0 bridgehead atoms. The summed E-state index contributed by atoms with van der Waals surface area (Å²) >= 11 is 0. The number of benzene rings is 3. The molecule has 6 nitrogen and oxygen atoms in total. The van der Waals surface area contributed by atoms with Gasteiger partial charge in [-0.3, -0.25) is 9.59 Å². The molecule has 0 aliphatic rings. The molecule has 190 valence electrons. The van der Waals surface area contributed by atoms with Gasteiger partial charge in [-0.05, 0) is 29.7 Å². The van der Waals surface area contributed by atoms with Crippen molar-refractivity contribution >= 4 is 11.8 Å². The van der Waals surface area contributed by atoms with Gasteiger partial charge >= 0.3 is 0 Å². The van der Waals surface area contributed by atoms with Gasteiger partial charge in [0.25, 0.3) is 5.91 Å². The summed E-state index contributed by atoms with van der Waals surface area (Å²) in [5, 5.41) is 2.94. The number of hydrogen-bond donors (Lipinski definition) is 1. The number of nitrogens with zero attached hydrogens (tertiary/aromatic N) is 1. The first-order chi connectivity index (χ1) is 17.4. The van der Waals surface area contributed by atoms with Crippen molar-refractivity contribution in [1.29, 1.82) is 0 Å². The molecule has 0 aliphatic carbocycles. The molecular weight excluding hydrogens is 459 g/mol. The van der Waals surface area contributed by atoms with E-state index in [1.165, 1.54) is 18.1 Å². The predicted molar refractivity (Wildman–Crippen MR) is 137 cm³/mol. The van der Waals surface area contributed by atoms with Gasteiger partial charge in [-0.1, -0.05) is 74.5 Å². The van der Waals surface area contributed by atoms with E-state index in [0.29, 0.717) is 23.6 Å². The Labute approximate surface area is 212 Å². The zero-order valence-electron chi connectivity index (χ0n) is 20.9. The summed E-state index contributed by atoms with van der Waals surface area (Å²) in [5.41, 5.74) is 1.21. The third-order valence-corrected chi connectivity index (χ3v) is 5.67. The standard InChI is InChI=1S/C29H33FN2O4/c1-21(2)18-31-29(34)25(17-22-11-5-4-6-12-22)32(19-23-13-7-8-14-24(23)30)28(33)20-36-27-16-10-9-15-26(27)35-3/h4-16,21,25H,17-20H2,1-3H3,(H,31,34)/t25-/m0/s1. The van der Waals surface area contributed by atoms with E-state index in [4.69, 9.17) is 9.47 Å². The van der Waals surface area contributed by atoms with Gasteiger partial charge in [0.05, 0.1) is 7.11 Å². The minimum absolute atomic E-state index is 0.0760. The van der Waals surface area contributed by atoms with Gasteiger partial charge in [-0.2, -0.15) is 0 Å². The normalized spacial score (nSPS) is 11.6. The first-order valence-electron chi connectivity index (χ1n) is 12.0. The van der Waals surface area contributed by atoms with Crippen LogP contribution in [0.3, 0.4) is 0 Å². The molecule has 1 N–H and O–H groups in total. The molecule has 1 atom stereocenters. The van der Waals surface area contributed by atoms with Crippen molar-refractivity contribution in [1.82, 2.24) is 10.2 Å². The molecule has 0 unspecified atom stereocenters. The number of rotatable bonds is 12. The molecule has 36 heavy (non-hydrogen) atoms. The summed E-state index contributed by atoms with van der Waals surface area (Å²) in [6.07, 6.45) is 0.277. The van der Waals surface area contributed by atoms with Crippen molar-refractivity contribution < 1.29 is 23.5 Å². The van der Waals surface area contributed by atoms with Crippen molar-refractivity contribution in [2.24, 2.45) is 5.92 Å². The zero-order valence-corrected chi connectivity index (χ0v) is 20.9. The number of methoxy groups -OCH3 is 1. The highest BCUT2D eigenvalue weighted by molar-refractivity contribution is 5.88. The molecule has 2 amide bonds. The lowest BCUT2D eigenvalue weighted by molar-refractivity contribution is -0.142. The molecule has 0 fully saturated rings. The summed E-state index contributed by atoms with van der Waals surface area (Å²) in [5.74, 6) is -0.0539. The molecule has 0 radical (unpaired) electrons. The Balaban J connectivity index is 1.92. The van der Waals surface area contributed by atoms with Crippen LogP contribution in [0.15, 0.2) is 78.9 Å². The van der Waals surface area contributed by atoms with Crippen molar-refractivity contribution in [2.75, 3.05) is 20.3 Å². The highest BCUT2D eigenvalue weighted by atomic mass is 19.1. The molecule has 0 aromatic heterocycles. The van der Waals surface area contributed by atoms with Crippen LogP contribution in [0.25, 0.3) is 0 Å². The Bertz CT molecular complexity index is 1140. The van der Waals surface area contributed by atoms with E-state index in [9.17, 15) is 14.0 Å². The summed E-state index contributed by atoms with van der Waals surface area (Å²) in [6.45, 7) is 4.04. The van der Waals surface area contributed by atoms with E-state index >= 15 is 0 Å².